The van der Waals surface area contributed by atoms with E-state index in [0.717, 1.165) is 5.56 Å². The van der Waals surface area contributed by atoms with Crippen LogP contribution >= 0.6 is 0 Å². The minimum absolute atomic E-state index is 0.211. The molecule has 1 aromatic carbocycles. The third-order valence-corrected chi connectivity index (χ3v) is 1.92. The van der Waals surface area contributed by atoms with Crippen molar-refractivity contribution in [3.05, 3.63) is 41.7 Å². The number of carbonyl (C=O) groups is 1. The van der Waals surface area contributed by atoms with Crippen molar-refractivity contribution in [2.75, 3.05) is 0 Å². The molecule has 0 fully saturated rings. The lowest BCUT2D eigenvalue weighted by molar-refractivity contribution is -0.117. The number of rotatable bonds is 4. The Morgan fingerprint density at radius 3 is 2.57 bits per heavy atom. The van der Waals surface area contributed by atoms with E-state index in [-0.39, 0.29) is 11.6 Å². The molecule has 0 radical (unpaired) electrons. The summed E-state index contributed by atoms with van der Waals surface area (Å²) in [5.74, 6) is -0.0323. The molecule has 0 aliphatic heterocycles. The molecule has 74 valence electrons. The fraction of sp³-hybridized carbons (Fsp3) is 0.250. The van der Waals surface area contributed by atoms with E-state index in [1.165, 1.54) is 12.1 Å². The van der Waals surface area contributed by atoms with E-state index in [1.54, 1.807) is 18.2 Å². The second kappa shape index (κ2) is 5.32. The third kappa shape index (κ3) is 3.52. The van der Waals surface area contributed by atoms with Gasteiger partial charge in [0.2, 0.25) is 0 Å². The Bertz CT molecular complexity index is 325. The lowest BCUT2D eigenvalue weighted by Crippen LogP contribution is -1.90. The summed E-state index contributed by atoms with van der Waals surface area (Å²) in [4.78, 5) is 10.9. The van der Waals surface area contributed by atoms with Gasteiger partial charge >= 0.3 is 0 Å². The van der Waals surface area contributed by atoms with Crippen molar-refractivity contribution in [3.63, 3.8) is 0 Å². The van der Waals surface area contributed by atoms with Crippen LogP contribution in [0, 0.1) is 5.82 Å². The lowest BCUT2D eigenvalue weighted by atomic mass is 10.1. The van der Waals surface area contributed by atoms with Crippen LogP contribution in [-0.4, -0.2) is 5.78 Å². The van der Waals surface area contributed by atoms with Crippen molar-refractivity contribution in [1.82, 2.24) is 0 Å². The van der Waals surface area contributed by atoms with Crippen LogP contribution in [0.25, 0.3) is 6.08 Å². The first-order chi connectivity index (χ1) is 6.72. The van der Waals surface area contributed by atoms with Gasteiger partial charge < -0.3 is 0 Å². The Morgan fingerprint density at radius 2 is 2.00 bits per heavy atom. The van der Waals surface area contributed by atoms with Gasteiger partial charge in [-0.25, -0.2) is 4.39 Å². The van der Waals surface area contributed by atoms with Crippen LogP contribution in [0.3, 0.4) is 0 Å². The molecule has 14 heavy (non-hydrogen) atoms. The molecule has 0 heterocycles. The van der Waals surface area contributed by atoms with Gasteiger partial charge in [-0.2, -0.15) is 0 Å². The second-order valence-corrected chi connectivity index (χ2v) is 3.05. The molecule has 0 aliphatic rings. The largest absolute Gasteiger partial charge is 0.299 e. The maximum atomic E-state index is 12.5. The van der Waals surface area contributed by atoms with Crippen molar-refractivity contribution in [2.24, 2.45) is 0 Å². The van der Waals surface area contributed by atoms with Gasteiger partial charge in [-0.1, -0.05) is 31.2 Å². The highest BCUT2D eigenvalue weighted by atomic mass is 19.1. The topological polar surface area (TPSA) is 17.1 Å². The monoisotopic (exact) mass is 192 g/mol. The van der Waals surface area contributed by atoms with Crippen LogP contribution < -0.4 is 0 Å². The number of benzene rings is 1. The summed E-state index contributed by atoms with van der Waals surface area (Å²) in [5, 5.41) is 0. The van der Waals surface area contributed by atoms with Crippen LogP contribution in [0.4, 0.5) is 4.39 Å². The summed E-state index contributed by atoms with van der Waals surface area (Å²) in [7, 11) is 0. The maximum absolute atomic E-state index is 12.5. The number of hydrogen-bond acceptors (Lipinski definition) is 1. The smallest absolute Gasteiger partial charge is 0.136 e. The zero-order chi connectivity index (χ0) is 10.4. The number of hydrogen-bond donors (Lipinski definition) is 0. The van der Waals surface area contributed by atoms with Crippen LogP contribution in [-0.2, 0) is 4.79 Å². The molecule has 0 spiro atoms. The maximum Gasteiger partial charge on any atom is 0.136 e. The molecule has 0 saturated heterocycles. The first-order valence-electron chi connectivity index (χ1n) is 4.66. The number of carbonyl (C=O) groups excluding carboxylic acids is 1. The molecular weight excluding hydrogens is 179 g/mol. The summed E-state index contributed by atoms with van der Waals surface area (Å²) >= 11 is 0. The van der Waals surface area contributed by atoms with Crippen LogP contribution in [0.15, 0.2) is 30.3 Å². The molecule has 0 aliphatic carbocycles. The number of allylic oxidation sites excluding steroid dienone is 1. The van der Waals surface area contributed by atoms with Crippen molar-refractivity contribution in [2.45, 2.75) is 19.8 Å². The predicted octanol–water partition coefficient (Wildman–Crippen LogP) is 3.21. The number of ketones is 1. The van der Waals surface area contributed by atoms with Gasteiger partial charge in [-0.05, 0) is 17.7 Å². The highest BCUT2D eigenvalue weighted by molar-refractivity contribution is 5.80. The van der Waals surface area contributed by atoms with Gasteiger partial charge in [-0.3, -0.25) is 4.79 Å². The van der Waals surface area contributed by atoms with Crippen LogP contribution in [0.2, 0.25) is 0 Å². The Balaban J connectivity index is 2.52. The number of Topliss-reactive ketones (excluding diaryl/α,β-unsaturated/α-hetero) is 1. The van der Waals surface area contributed by atoms with Crippen LogP contribution in [0.5, 0.6) is 0 Å². The highest BCUT2D eigenvalue weighted by Crippen LogP contribution is 2.05. The zero-order valence-corrected chi connectivity index (χ0v) is 8.16. The van der Waals surface area contributed by atoms with Crippen molar-refractivity contribution in [1.29, 1.82) is 0 Å². The second-order valence-electron chi connectivity index (χ2n) is 3.05. The van der Waals surface area contributed by atoms with E-state index < -0.39 is 0 Å². The standard InChI is InChI=1S/C12H13FO/c1-2-12(14)5-3-4-10-6-8-11(13)9-7-10/h3-4,6-9H,2,5H2,1H3/b4-3+. The summed E-state index contributed by atoms with van der Waals surface area (Å²) in [6.45, 7) is 1.84. The molecule has 0 N–H and O–H groups in total. The summed E-state index contributed by atoms with van der Waals surface area (Å²) < 4.78 is 12.5. The molecule has 0 aromatic heterocycles. The van der Waals surface area contributed by atoms with E-state index in [1.807, 2.05) is 13.0 Å². The van der Waals surface area contributed by atoms with E-state index in [4.69, 9.17) is 0 Å². The molecule has 1 nitrogen and oxygen atoms in total. The molecular formula is C12H13FO. The Labute approximate surface area is 83.3 Å². The van der Waals surface area contributed by atoms with Gasteiger partial charge in [0.25, 0.3) is 0 Å². The first kappa shape index (κ1) is 10.6. The summed E-state index contributed by atoms with van der Waals surface area (Å²) in [6.07, 6.45) is 4.65. The molecule has 0 unspecified atom stereocenters. The molecule has 2 heteroatoms. The van der Waals surface area contributed by atoms with Gasteiger partial charge in [0.1, 0.15) is 11.6 Å². The average molecular weight is 192 g/mol. The SMILES string of the molecule is CCC(=O)C/C=C/c1ccc(F)cc1. The molecule has 1 aromatic rings. The van der Waals surface area contributed by atoms with Crippen molar-refractivity contribution in [3.8, 4) is 0 Å². The molecule has 0 atom stereocenters. The van der Waals surface area contributed by atoms with Gasteiger partial charge in [-0.15, -0.1) is 0 Å². The Hall–Kier alpha value is -1.44. The molecule has 0 saturated carbocycles. The number of halogens is 1. The van der Waals surface area contributed by atoms with E-state index in [2.05, 4.69) is 0 Å². The normalized spacial score (nSPS) is 10.7. The van der Waals surface area contributed by atoms with E-state index in [0.29, 0.717) is 12.8 Å². The quantitative estimate of drug-likeness (QED) is 0.715. The lowest BCUT2D eigenvalue weighted by Gasteiger charge is -1.92. The molecule has 0 bridgehead atoms. The minimum Gasteiger partial charge on any atom is -0.299 e. The van der Waals surface area contributed by atoms with Gasteiger partial charge in [0, 0.05) is 12.8 Å². The van der Waals surface area contributed by atoms with Gasteiger partial charge in [0.05, 0.1) is 0 Å². The molecule has 1 rings (SSSR count). The van der Waals surface area contributed by atoms with E-state index >= 15 is 0 Å². The Kier molecular flexibility index (Phi) is 4.05. The fourth-order valence-electron chi connectivity index (χ4n) is 1.04. The Morgan fingerprint density at radius 1 is 1.36 bits per heavy atom. The summed E-state index contributed by atoms with van der Waals surface area (Å²) in [6, 6.07) is 6.17. The first-order valence-corrected chi connectivity index (χ1v) is 4.66. The fourth-order valence-corrected chi connectivity index (χ4v) is 1.04. The highest BCUT2D eigenvalue weighted by Gasteiger charge is 1.93. The van der Waals surface area contributed by atoms with Gasteiger partial charge in [0.15, 0.2) is 0 Å². The van der Waals surface area contributed by atoms with E-state index in [9.17, 15) is 9.18 Å². The van der Waals surface area contributed by atoms with Crippen molar-refractivity contribution < 1.29 is 9.18 Å². The summed E-state index contributed by atoms with van der Waals surface area (Å²) in [5.41, 5.74) is 0.912. The predicted molar refractivity (Wildman–Crippen MR) is 55.3 cm³/mol. The van der Waals surface area contributed by atoms with Crippen LogP contribution in [0.1, 0.15) is 25.3 Å². The average Bonchev–Trinajstić information content (AvgIpc) is 2.21. The zero-order valence-electron chi connectivity index (χ0n) is 8.16. The molecule has 0 amide bonds. The van der Waals surface area contributed by atoms with Crippen molar-refractivity contribution >= 4 is 11.9 Å². The minimum atomic E-state index is -0.244. The third-order valence-electron chi connectivity index (χ3n) is 1.92.